The lowest BCUT2D eigenvalue weighted by atomic mass is 10.2. The van der Waals surface area contributed by atoms with Crippen LogP contribution in [0.2, 0.25) is 0 Å². The molecule has 1 aromatic carbocycles. The second-order valence-electron chi connectivity index (χ2n) is 2.63. The third kappa shape index (κ3) is 2.71. The lowest BCUT2D eigenvalue weighted by molar-refractivity contribution is -0.384. The van der Waals surface area contributed by atoms with Gasteiger partial charge in [0.25, 0.3) is 12.2 Å². The van der Waals surface area contributed by atoms with Crippen molar-refractivity contribution in [2.24, 2.45) is 0 Å². The minimum absolute atomic E-state index is 0.0474. The van der Waals surface area contributed by atoms with E-state index in [9.17, 15) is 10.1 Å². The van der Waals surface area contributed by atoms with Gasteiger partial charge in [-0.05, 0) is 6.07 Å². The molecule has 0 aliphatic carbocycles. The van der Waals surface area contributed by atoms with Crippen LogP contribution in [0, 0.1) is 10.1 Å². The standard InChI is InChI=1S/C8H5N3O2.CH2O2/c12-11(13)7-2-1-6-4-9-5-10-8(6)3-7;2-1-3/h1-5H;1H,(H,2,3). The summed E-state index contributed by atoms with van der Waals surface area (Å²) in [5.74, 6) is 0. The molecule has 0 radical (unpaired) electrons. The molecule has 0 aliphatic rings. The fraction of sp³-hybridized carbons (Fsp3) is 0. The minimum atomic E-state index is -0.443. The molecule has 7 nitrogen and oxygen atoms in total. The number of carbonyl (C=O) groups is 1. The van der Waals surface area contributed by atoms with Crippen molar-refractivity contribution in [2.45, 2.75) is 0 Å². The van der Waals surface area contributed by atoms with Crippen molar-refractivity contribution in [1.82, 2.24) is 9.97 Å². The van der Waals surface area contributed by atoms with Crippen LogP contribution >= 0.6 is 0 Å². The number of rotatable bonds is 1. The Bertz CT molecular complexity index is 515. The summed E-state index contributed by atoms with van der Waals surface area (Å²) in [6, 6.07) is 4.50. The first-order valence-corrected chi connectivity index (χ1v) is 4.11. The quantitative estimate of drug-likeness (QED) is 0.441. The third-order valence-electron chi connectivity index (χ3n) is 1.70. The van der Waals surface area contributed by atoms with Crippen molar-refractivity contribution in [1.29, 1.82) is 0 Å². The zero-order chi connectivity index (χ0) is 12.0. The fourth-order valence-corrected chi connectivity index (χ4v) is 1.08. The van der Waals surface area contributed by atoms with Crippen LogP contribution in [0.3, 0.4) is 0 Å². The highest BCUT2D eigenvalue weighted by Crippen LogP contribution is 2.17. The number of nitrogens with zero attached hydrogens (tertiary/aromatic N) is 3. The first-order valence-electron chi connectivity index (χ1n) is 4.11. The molecule has 2 aromatic rings. The smallest absolute Gasteiger partial charge is 0.290 e. The number of aromatic nitrogens is 2. The Morgan fingerprint density at radius 2 is 2.12 bits per heavy atom. The van der Waals surface area contributed by atoms with Crippen molar-refractivity contribution in [2.75, 3.05) is 0 Å². The molecule has 0 bridgehead atoms. The number of hydrogen-bond donors (Lipinski definition) is 1. The Balaban J connectivity index is 0.000000386. The van der Waals surface area contributed by atoms with Gasteiger partial charge in [-0.3, -0.25) is 14.9 Å². The molecule has 16 heavy (non-hydrogen) atoms. The van der Waals surface area contributed by atoms with Crippen LogP contribution in [0.25, 0.3) is 10.9 Å². The monoisotopic (exact) mass is 221 g/mol. The molecule has 0 atom stereocenters. The molecule has 0 amide bonds. The van der Waals surface area contributed by atoms with Crippen LogP contribution in [-0.4, -0.2) is 26.5 Å². The van der Waals surface area contributed by atoms with E-state index >= 15 is 0 Å². The highest BCUT2D eigenvalue weighted by atomic mass is 16.6. The van der Waals surface area contributed by atoms with Gasteiger partial charge in [0.05, 0.1) is 10.4 Å². The van der Waals surface area contributed by atoms with Gasteiger partial charge >= 0.3 is 0 Å². The Kier molecular flexibility index (Phi) is 3.84. The molecule has 1 aromatic heterocycles. The van der Waals surface area contributed by atoms with E-state index in [2.05, 4.69) is 9.97 Å². The number of non-ortho nitro benzene ring substituents is 1. The van der Waals surface area contributed by atoms with Crippen molar-refractivity contribution in [3.05, 3.63) is 40.8 Å². The summed E-state index contributed by atoms with van der Waals surface area (Å²) in [5.41, 5.74) is 0.635. The molecule has 0 aliphatic heterocycles. The Labute approximate surface area is 89.5 Å². The summed E-state index contributed by atoms with van der Waals surface area (Å²) in [5, 5.41) is 18.1. The molecule has 0 spiro atoms. The van der Waals surface area contributed by atoms with Crippen molar-refractivity contribution in [3.63, 3.8) is 0 Å². The van der Waals surface area contributed by atoms with E-state index in [-0.39, 0.29) is 12.2 Å². The second kappa shape index (κ2) is 5.35. The first kappa shape index (κ1) is 11.5. The number of fused-ring (bicyclic) bond motifs is 1. The molecule has 0 fully saturated rings. The maximum Gasteiger partial charge on any atom is 0.290 e. The SMILES string of the molecule is O=CO.O=[N+]([O-])c1ccc2cncnc2c1. The van der Waals surface area contributed by atoms with Crippen LogP contribution < -0.4 is 0 Å². The molecule has 0 saturated carbocycles. The number of carboxylic acid groups (broad SMARTS) is 1. The van der Waals surface area contributed by atoms with Gasteiger partial charge in [0.1, 0.15) is 6.33 Å². The normalized spacial score (nSPS) is 9.00. The maximum absolute atomic E-state index is 10.4. The summed E-state index contributed by atoms with van der Waals surface area (Å²) >= 11 is 0. The van der Waals surface area contributed by atoms with Gasteiger partial charge in [-0.25, -0.2) is 9.97 Å². The van der Waals surface area contributed by atoms with Crippen LogP contribution in [0.4, 0.5) is 5.69 Å². The van der Waals surface area contributed by atoms with Gasteiger partial charge in [0.2, 0.25) is 0 Å². The summed E-state index contributed by atoms with van der Waals surface area (Å²) in [6.07, 6.45) is 2.98. The predicted octanol–water partition coefficient (Wildman–Crippen LogP) is 1.24. The third-order valence-corrected chi connectivity index (χ3v) is 1.70. The van der Waals surface area contributed by atoms with Crippen LogP contribution in [-0.2, 0) is 4.79 Å². The minimum Gasteiger partial charge on any atom is -0.483 e. The summed E-state index contributed by atoms with van der Waals surface area (Å²) in [6.45, 7) is -0.250. The van der Waals surface area contributed by atoms with Gasteiger partial charge in [-0.2, -0.15) is 0 Å². The van der Waals surface area contributed by atoms with Gasteiger partial charge in [-0.15, -0.1) is 0 Å². The molecular weight excluding hydrogens is 214 g/mol. The van der Waals surface area contributed by atoms with E-state index in [1.165, 1.54) is 18.5 Å². The van der Waals surface area contributed by atoms with Crippen LogP contribution in [0.1, 0.15) is 0 Å². The predicted molar refractivity (Wildman–Crippen MR) is 54.9 cm³/mol. The summed E-state index contributed by atoms with van der Waals surface area (Å²) in [7, 11) is 0. The number of nitro benzene ring substituents is 1. The topological polar surface area (TPSA) is 106 Å². The van der Waals surface area contributed by atoms with Gasteiger partial charge in [0.15, 0.2) is 0 Å². The van der Waals surface area contributed by atoms with Crippen LogP contribution in [0.15, 0.2) is 30.7 Å². The van der Waals surface area contributed by atoms with E-state index in [4.69, 9.17) is 9.90 Å². The van der Waals surface area contributed by atoms with E-state index < -0.39 is 4.92 Å². The Morgan fingerprint density at radius 1 is 1.44 bits per heavy atom. The lowest BCUT2D eigenvalue weighted by Crippen LogP contribution is -1.88. The highest BCUT2D eigenvalue weighted by Gasteiger charge is 2.05. The zero-order valence-electron chi connectivity index (χ0n) is 7.98. The Morgan fingerprint density at radius 3 is 2.75 bits per heavy atom. The van der Waals surface area contributed by atoms with E-state index in [0.717, 1.165) is 5.39 Å². The summed E-state index contributed by atoms with van der Waals surface area (Å²) < 4.78 is 0. The molecule has 82 valence electrons. The molecule has 0 unspecified atom stereocenters. The maximum atomic E-state index is 10.4. The van der Waals surface area contributed by atoms with Gasteiger partial charge in [-0.1, -0.05) is 0 Å². The fourth-order valence-electron chi connectivity index (χ4n) is 1.08. The first-order chi connectivity index (χ1) is 7.69. The molecular formula is C9H7N3O4. The molecule has 1 N–H and O–H groups in total. The van der Waals surface area contributed by atoms with Crippen LogP contribution in [0.5, 0.6) is 0 Å². The zero-order valence-corrected chi connectivity index (χ0v) is 7.98. The van der Waals surface area contributed by atoms with E-state index in [1.54, 1.807) is 12.3 Å². The Hall–Kier alpha value is -2.57. The van der Waals surface area contributed by atoms with Gasteiger partial charge < -0.3 is 5.11 Å². The second-order valence-corrected chi connectivity index (χ2v) is 2.63. The number of benzene rings is 1. The number of nitro groups is 1. The van der Waals surface area contributed by atoms with Gasteiger partial charge in [0, 0.05) is 23.7 Å². The summed E-state index contributed by atoms with van der Waals surface area (Å²) in [4.78, 5) is 26.0. The molecule has 1 heterocycles. The van der Waals surface area contributed by atoms with E-state index in [0.29, 0.717) is 5.52 Å². The molecule has 7 heteroatoms. The van der Waals surface area contributed by atoms with E-state index in [1.807, 2.05) is 0 Å². The van der Waals surface area contributed by atoms with Crippen molar-refractivity contribution < 1.29 is 14.8 Å². The average molecular weight is 221 g/mol. The number of hydrogen-bond acceptors (Lipinski definition) is 5. The largest absolute Gasteiger partial charge is 0.483 e. The average Bonchev–Trinajstić information content (AvgIpc) is 2.29. The molecule has 2 rings (SSSR count). The lowest BCUT2D eigenvalue weighted by Gasteiger charge is -1.94. The molecule has 0 saturated heterocycles. The van der Waals surface area contributed by atoms with Crippen molar-refractivity contribution >= 4 is 23.1 Å². The highest BCUT2D eigenvalue weighted by molar-refractivity contribution is 5.79. The van der Waals surface area contributed by atoms with Crippen molar-refractivity contribution in [3.8, 4) is 0 Å².